The molecular weight excluding hydrogens is 253 g/mol. The standard InChI is InChI=1S/C14H11ClFNO/c15-12-4-2-1-3-9(12)7-14(18)11-8-10(16)5-6-13(11)17/h1-6,8H,7,17H2. The lowest BCUT2D eigenvalue weighted by atomic mass is 10.0. The lowest BCUT2D eigenvalue weighted by Gasteiger charge is -2.06. The molecule has 0 unspecified atom stereocenters. The Morgan fingerprint density at radius 3 is 2.67 bits per heavy atom. The van der Waals surface area contributed by atoms with Crippen LogP contribution in [0.5, 0.6) is 0 Å². The first kappa shape index (κ1) is 12.6. The maximum atomic E-state index is 13.1. The average molecular weight is 264 g/mol. The Bertz CT molecular complexity index is 598. The van der Waals surface area contributed by atoms with Crippen LogP contribution in [-0.4, -0.2) is 5.78 Å². The topological polar surface area (TPSA) is 43.1 Å². The maximum absolute atomic E-state index is 13.1. The van der Waals surface area contributed by atoms with Crippen LogP contribution in [0.25, 0.3) is 0 Å². The molecule has 0 fully saturated rings. The van der Waals surface area contributed by atoms with E-state index < -0.39 is 5.82 Å². The van der Waals surface area contributed by atoms with Crippen molar-refractivity contribution in [3.05, 3.63) is 64.4 Å². The molecule has 2 aromatic carbocycles. The molecule has 0 radical (unpaired) electrons. The SMILES string of the molecule is Nc1ccc(F)cc1C(=O)Cc1ccccc1Cl. The van der Waals surface area contributed by atoms with Gasteiger partial charge in [-0.05, 0) is 29.8 Å². The molecule has 18 heavy (non-hydrogen) atoms. The van der Waals surface area contributed by atoms with Crippen LogP contribution >= 0.6 is 11.6 Å². The summed E-state index contributed by atoms with van der Waals surface area (Å²) in [5.74, 6) is -0.730. The number of nitrogen functional groups attached to an aromatic ring is 1. The molecule has 4 heteroatoms. The number of carbonyl (C=O) groups excluding carboxylic acids is 1. The van der Waals surface area contributed by atoms with Gasteiger partial charge < -0.3 is 5.73 Å². The number of carbonyl (C=O) groups is 1. The van der Waals surface area contributed by atoms with Gasteiger partial charge in [-0.25, -0.2) is 4.39 Å². The van der Waals surface area contributed by atoms with Gasteiger partial charge in [0.05, 0.1) is 0 Å². The highest BCUT2D eigenvalue weighted by atomic mass is 35.5. The number of rotatable bonds is 3. The smallest absolute Gasteiger partial charge is 0.169 e. The summed E-state index contributed by atoms with van der Waals surface area (Å²) in [5, 5.41) is 0.515. The Labute approximate surface area is 109 Å². The van der Waals surface area contributed by atoms with Gasteiger partial charge in [0.1, 0.15) is 5.82 Å². The number of hydrogen-bond donors (Lipinski definition) is 1. The van der Waals surface area contributed by atoms with Gasteiger partial charge in [-0.3, -0.25) is 4.79 Å². The summed E-state index contributed by atoms with van der Waals surface area (Å²) in [6.07, 6.45) is 0.104. The minimum atomic E-state index is -0.480. The summed E-state index contributed by atoms with van der Waals surface area (Å²) in [5.41, 5.74) is 6.82. The highest BCUT2D eigenvalue weighted by Crippen LogP contribution is 2.20. The van der Waals surface area contributed by atoms with E-state index in [0.29, 0.717) is 10.6 Å². The van der Waals surface area contributed by atoms with Crippen molar-refractivity contribution in [1.82, 2.24) is 0 Å². The summed E-state index contributed by atoms with van der Waals surface area (Å²) in [6, 6.07) is 10.8. The minimum Gasteiger partial charge on any atom is -0.398 e. The molecule has 2 rings (SSSR count). The van der Waals surface area contributed by atoms with E-state index in [1.807, 2.05) is 0 Å². The molecule has 0 amide bonds. The van der Waals surface area contributed by atoms with Gasteiger partial charge in [-0.1, -0.05) is 29.8 Å². The molecular formula is C14H11ClFNO. The minimum absolute atomic E-state index is 0.104. The van der Waals surface area contributed by atoms with E-state index in [0.717, 1.165) is 6.07 Å². The third kappa shape index (κ3) is 2.68. The molecule has 92 valence electrons. The quantitative estimate of drug-likeness (QED) is 0.680. The van der Waals surface area contributed by atoms with Gasteiger partial charge in [-0.15, -0.1) is 0 Å². The van der Waals surface area contributed by atoms with Crippen molar-refractivity contribution < 1.29 is 9.18 Å². The van der Waals surface area contributed by atoms with E-state index in [-0.39, 0.29) is 23.5 Å². The Kier molecular flexibility index (Phi) is 3.63. The van der Waals surface area contributed by atoms with Crippen LogP contribution in [-0.2, 0) is 6.42 Å². The third-order valence-electron chi connectivity index (χ3n) is 2.62. The van der Waals surface area contributed by atoms with Crippen LogP contribution in [0.4, 0.5) is 10.1 Å². The maximum Gasteiger partial charge on any atom is 0.169 e. The van der Waals surface area contributed by atoms with Crippen LogP contribution in [0, 0.1) is 5.82 Å². The lowest BCUT2D eigenvalue weighted by molar-refractivity contribution is 0.0993. The van der Waals surface area contributed by atoms with Crippen molar-refractivity contribution in [2.75, 3.05) is 5.73 Å². The van der Waals surface area contributed by atoms with Crippen LogP contribution in [0.1, 0.15) is 15.9 Å². The van der Waals surface area contributed by atoms with Crippen LogP contribution < -0.4 is 5.73 Å². The Balaban J connectivity index is 2.28. The number of Topliss-reactive ketones (excluding diaryl/α,β-unsaturated/α-hetero) is 1. The van der Waals surface area contributed by atoms with Gasteiger partial charge >= 0.3 is 0 Å². The van der Waals surface area contributed by atoms with Crippen LogP contribution in [0.3, 0.4) is 0 Å². The molecule has 0 saturated carbocycles. The summed E-state index contributed by atoms with van der Waals surface area (Å²) in [7, 11) is 0. The molecule has 0 saturated heterocycles. The molecule has 0 aliphatic heterocycles. The van der Waals surface area contributed by atoms with Gasteiger partial charge in [0.15, 0.2) is 5.78 Å². The molecule has 0 aliphatic carbocycles. The molecule has 0 aromatic heterocycles. The number of nitrogens with two attached hydrogens (primary N) is 1. The number of hydrogen-bond acceptors (Lipinski definition) is 2. The van der Waals surface area contributed by atoms with E-state index in [1.165, 1.54) is 12.1 Å². The fraction of sp³-hybridized carbons (Fsp3) is 0.0714. The second kappa shape index (κ2) is 5.19. The van der Waals surface area contributed by atoms with E-state index >= 15 is 0 Å². The molecule has 0 heterocycles. The fourth-order valence-electron chi connectivity index (χ4n) is 1.68. The zero-order valence-corrected chi connectivity index (χ0v) is 10.2. The van der Waals surface area contributed by atoms with Crippen molar-refractivity contribution >= 4 is 23.1 Å². The first-order valence-corrected chi connectivity index (χ1v) is 5.77. The predicted molar refractivity (Wildman–Crippen MR) is 70.3 cm³/mol. The van der Waals surface area contributed by atoms with E-state index in [4.69, 9.17) is 17.3 Å². The van der Waals surface area contributed by atoms with E-state index in [9.17, 15) is 9.18 Å². The summed E-state index contributed by atoms with van der Waals surface area (Å²) < 4.78 is 13.1. The van der Waals surface area contributed by atoms with Crippen LogP contribution in [0.15, 0.2) is 42.5 Å². The van der Waals surface area contributed by atoms with Gasteiger partial charge in [-0.2, -0.15) is 0 Å². The van der Waals surface area contributed by atoms with Crippen LogP contribution in [0.2, 0.25) is 5.02 Å². The summed E-state index contributed by atoms with van der Waals surface area (Å²) in [4.78, 5) is 12.0. The first-order chi connectivity index (χ1) is 8.58. The van der Waals surface area contributed by atoms with Gasteiger partial charge in [0, 0.05) is 22.7 Å². The second-order valence-corrected chi connectivity index (χ2v) is 4.33. The van der Waals surface area contributed by atoms with Crippen molar-refractivity contribution in [3.8, 4) is 0 Å². The number of benzene rings is 2. The lowest BCUT2D eigenvalue weighted by Crippen LogP contribution is -2.07. The molecule has 2 aromatic rings. The normalized spacial score (nSPS) is 10.3. The Morgan fingerprint density at radius 1 is 1.22 bits per heavy atom. The third-order valence-corrected chi connectivity index (χ3v) is 2.99. The summed E-state index contributed by atoms with van der Waals surface area (Å²) >= 11 is 5.97. The highest BCUT2D eigenvalue weighted by Gasteiger charge is 2.13. The molecule has 0 aliphatic rings. The predicted octanol–water partition coefficient (Wildman–Crippen LogP) is 3.49. The van der Waals surface area contributed by atoms with Gasteiger partial charge in [0.25, 0.3) is 0 Å². The zero-order chi connectivity index (χ0) is 13.1. The molecule has 0 bridgehead atoms. The van der Waals surface area contributed by atoms with E-state index in [2.05, 4.69) is 0 Å². The number of ketones is 1. The fourth-order valence-corrected chi connectivity index (χ4v) is 1.88. The largest absolute Gasteiger partial charge is 0.398 e. The molecule has 0 atom stereocenters. The molecule has 2 N–H and O–H groups in total. The molecule has 0 spiro atoms. The van der Waals surface area contributed by atoms with Gasteiger partial charge in [0.2, 0.25) is 0 Å². The van der Waals surface area contributed by atoms with E-state index in [1.54, 1.807) is 24.3 Å². The summed E-state index contributed by atoms with van der Waals surface area (Å²) in [6.45, 7) is 0. The second-order valence-electron chi connectivity index (χ2n) is 3.92. The monoisotopic (exact) mass is 263 g/mol. The average Bonchev–Trinajstić information content (AvgIpc) is 2.35. The number of anilines is 1. The Morgan fingerprint density at radius 2 is 1.94 bits per heavy atom. The molecule has 2 nitrogen and oxygen atoms in total. The zero-order valence-electron chi connectivity index (χ0n) is 9.49. The Hall–Kier alpha value is -1.87. The van der Waals surface area contributed by atoms with Crippen molar-refractivity contribution in [1.29, 1.82) is 0 Å². The first-order valence-electron chi connectivity index (χ1n) is 5.39. The number of halogens is 2. The van der Waals surface area contributed by atoms with Crippen molar-refractivity contribution in [2.24, 2.45) is 0 Å². The van der Waals surface area contributed by atoms with Crippen molar-refractivity contribution in [2.45, 2.75) is 6.42 Å². The highest BCUT2D eigenvalue weighted by molar-refractivity contribution is 6.31. The van der Waals surface area contributed by atoms with Crippen molar-refractivity contribution in [3.63, 3.8) is 0 Å².